The van der Waals surface area contributed by atoms with Crippen LogP contribution in [0.1, 0.15) is 46.5 Å². The first-order valence-electron chi connectivity index (χ1n) is 6.95. The number of carboxylic acid groups (broad SMARTS) is 1. The van der Waals surface area contributed by atoms with Gasteiger partial charge in [-0.3, -0.25) is 9.59 Å². The first kappa shape index (κ1) is 13.4. The maximum absolute atomic E-state index is 12.2. The van der Waals surface area contributed by atoms with E-state index in [4.69, 9.17) is 0 Å². The number of nitrogens with zero attached hydrogens (tertiary/aromatic N) is 1. The van der Waals surface area contributed by atoms with Crippen LogP contribution in [0.4, 0.5) is 0 Å². The van der Waals surface area contributed by atoms with E-state index in [9.17, 15) is 14.7 Å². The second-order valence-corrected chi connectivity index (χ2v) is 6.12. The number of hydrogen-bond acceptors (Lipinski definition) is 2. The number of rotatable bonds is 4. The van der Waals surface area contributed by atoms with Crippen LogP contribution in [0.15, 0.2) is 0 Å². The van der Waals surface area contributed by atoms with Crippen LogP contribution < -0.4 is 0 Å². The molecule has 18 heavy (non-hydrogen) atoms. The number of carbonyl (C=O) groups is 2. The Morgan fingerprint density at radius 2 is 2.06 bits per heavy atom. The predicted molar refractivity (Wildman–Crippen MR) is 68.0 cm³/mol. The van der Waals surface area contributed by atoms with Crippen molar-refractivity contribution >= 4 is 11.9 Å². The number of hydrogen-bond donors (Lipinski definition) is 1. The fourth-order valence-electron chi connectivity index (χ4n) is 3.43. The Balaban J connectivity index is 2.11. The van der Waals surface area contributed by atoms with Crippen molar-refractivity contribution in [3.05, 3.63) is 0 Å². The lowest BCUT2D eigenvalue weighted by atomic mass is 9.80. The molecular formula is C14H23NO3. The van der Waals surface area contributed by atoms with E-state index < -0.39 is 11.9 Å². The third-order valence-electron chi connectivity index (χ3n) is 4.49. The Hall–Kier alpha value is -1.06. The van der Waals surface area contributed by atoms with Crippen LogP contribution in [0.5, 0.6) is 0 Å². The summed E-state index contributed by atoms with van der Waals surface area (Å²) in [4.78, 5) is 25.3. The Labute approximate surface area is 108 Å². The summed E-state index contributed by atoms with van der Waals surface area (Å²) in [6.45, 7) is 5.81. The molecule has 4 nitrogen and oxygen atoms in total. The van der Waals surface area contributed by atoms with Gasteiger partial charge in [-0.1, -0.05) is 19.8 Å². The highest BCUT2D eigenvalue weighted by Gasteiger charge is 2.43. The predicted octanol–water partition coefficient (Wildman–Crippen LogP) is 2.13. The average molecular weight is 253 g/mol. The average Bonchev–Trinajstić information content (AvgIpc) is 2.99. The molecule has 2 fully saturated rings. The van der Waals surface area contributed by atoms with Crippen molar-refractivity contribution in [3.63, 3.8) is 0 Å². The third kappa shape index (κ3) is 2.52. The maximum atomic E-state index is 12.2. The lowest BCUT2D eigenvalue weighted by Gasteiger charge is -2.44. The van der Waals surface area contributed by atoms with Gasteiger partial charge in [-0.25, -0.2) is 0 Å². The van der Waals surface area contributed by atoms with E-state index in [0.717, 1.165) is 12.3 Å². The molecule has 1 N–H and O–H groups in total. The molecular weight excluding hydrogens is 230 g/mol. The Morgan fingerprint density at radius 3 is 2.56 bits per heavy atom. The zero-order chi connectivity index (χ0) is 13.4. The Kier molecular flexibility index (Phi) is 3.64. The molecule has 2 aliphatic rings. The molecule has 1 saturated carbocycles. The Bertz CT molecular complexity index is 351. The highest BCUT2D eigenvalue weighted by molar-refractivity contribution is 5.82. The minimum Gasteiger partial charge on any atom is -0.481 e. The number of carboxylic acids is 1. The molecule has 4 unspecified atom stereocenters. The normalized spacial score (nSPS) is 34.5. The summed E-state index contributed by atoms with van der Waals surface area (Å²) >= 11 is 0. The Morgan fingerprint density at radius 1 is 1.44 bits per heavy atom. The first-order chi connectivity index (χ1) is 8.41. The van der Waals surface area contributed by atoms with Crippen LogP contribution in [0, 0.1) is 17.8 Å². The molecule has 4 heteroatoms. The summed E-state index contributed by atoms with van der Waals surface area (Å²) in [6, 6.07) is -0.0122. The summed E-state index contributed by atoms with van der Waals surface area (Å²) in [7, 11) is 0. The summed E-state index contributed by atoms with van der Waals surface area (Å²) in [5.41, 5.74) is 0. The monoisotopic (exact) mass is 253 g/mol. The third-order valence-corrected chi connectivity index (χ3v) is 4.49. The van der Waals surface area contributed by atoms with Gasteiger partial charge in [-0.05, 0) is 32.1 Å². The number of likely N-dealkylation sites (tertiary alicyclic amines) is 1. The van der Waals surface area contributed by atoms with Gasteiger partial charge in [0, 0.05) is 18.5 Å². The van der Waals surface area contributed by atoms with Gasteiger partial charge in [-0.2, -0.15) is 0 Å². The summed E-state index contributed by atoms with van der Waals surface area (Å²) in [5, 5.41) is 9.32. The van der Waals surface area contributed by atoms with Crippen molar-refractivity contribution in [3.8, 4) is 0 Å². The number of piperidine rings is 1. The van der Waals surface area contributed by atoms with Gasteiger partial charge in [0.1, 0.15) is 0 Å². The quantitative estimate of drug-likeness (QED) is 0.835. The minimum atomic E-state index is -0.772. The fraction of sp³-hybridized carbons (Fsp3) is 0.857. The van der Waals surface area contributed by atoms with Crippen molar-refractivity contribution in [2.75, 3.05) is 0 Å². The van der Waals surface area contributed by atoms with Crippen LogP contribution in [0.2, 0.25) is 0 Å². The second-order valence-electron chi connectivity index (χ2n) is 6.12. The van der Waals surface area contributed by atoms with Gasteiger partial charge < -0.3 is 10.0 Å². The van der Waals surface area contributed by atoms with Crippen LogP contribution in [0.25, 0.3) is 0 Å². The highest BCUT2D eigenvalue weighted by Crippen LogP contribution is 2.37. The summed E-state index contributed by atoms with van der Waals surface area (Å²) in [5.74, 6) is -0.381. The highest BCUT2D eigenvalue weighted by atomic mass is 16.4. The van der Waals surface area contributed by atoms with Gasteiger partial charge in [0.2, 0.25) is 5.91 Å². The molecule has 1 aliphatic carbocycles. The van der Waals surface area contributed by atoms with E-state index in [1.54, 1.807) is 0 Å². The molecule has 1 amide bonds. The van der Waals surface area contributed by atoms with Gasteiger partial charge in [0.25, 0.3) is 0 Å². The molecule has 2 rings (SSSR count). The molecule has 1 saturated heterocycles. The molecule has 0 bridgehead atoms. The van der Waals surface area contributed by atoms with Crippen molar-refractivity contribution in [2.24, 2.45) is 17.8 Å². The summed E-state index contributed by atoms with van der Waals surface area (Å²) < 4.78 is 0. The van der Waals surface area contributed by atoms with Gasteiger partial charge in [0.05, 0.1) is 5.92 Å². The molecule has 0 aromatic carbocycles. The van der Waals surface area contributed by atoms with Crippen molar-refractivity contribution in [2.45, 2.75) is 58.5 Å². The lowest BCUT2D eigenvalue weighted by Crippen LogP contribution is -2.55. The van der Waals surface area contributed by atoms with Crippen LogP contribution in [-0.2, 0) is 9.59 Å². The fourth-order valence-corrected chi connectivity index (χ4v) is 3.43. The zero-order valence-corrected chi connectivity index (χ0v) is 11.4. The first-order valence-corrected chi connectivity index (χ1v) is 6.95. The second kappa shape index (κ2) is 4.90. The van der Waals surface area contributed by atoms with Crippen LogP contribution >= 0.6 is 0 Å². The molecule has 1 aliphatic heterocycles. The molecule has 0 aromatic heterocycles. The van der Waals surface area contributed by atoms with Crippen molar-refractivity contribution in [1.29, 1.82) is 0 Å². The molecule has 0 radical (unpaired) electrons. The van der Waals surface area contributed by atoms with Crippen LogP contribution in [-0.4, -0.2) is 34.0 Å². The molecule has 102 valence electrons. The zero-order valence-electron chi connectivity index (χ0n) is 11.4. The summed E-state index contributed by atoms with van der Waals surface area (Å²) in [6.07, 6.45) is 3.92. The van der Waals surface area contributed by atoms with E-state index in [1.807, 2.05) is 18.7 Å². The standard InChI is InChI=1S/C14H23NO3/c1-8-6-12(16)15(9(2)7-11-4-5-11)10(3)13(8)14(17)18/h8-11,13H,4-7H2,1-3H3,(H,17,18). The topological polar surface area (TPSA) is 57.6 Å². The SMILES string of the molecule is CC1CC(=O)N(C(C)CC2CC2)C(C)C1C(=O)O. The van der Waals surface area contributed by atoms with E-state index >= 15 is 0 Å². The molecule has 0 aromatic rings. The van der Waals surface area contributed by atoms with Gasteiger partial charge in [-0.15, -0.1) is 0 Å². The number of amides is 1. The van der Waals surface area contributed by atoms with Crippen LogP contribution in [0.3, 0.4) is 0 Å². The van der Waals surface area contributed by atoms with E-state index in [0.29, 0.717) is 6.42 Å². The van der Waals surface area contributed by atoms with Gasteiger partial charge >= 0.3 is 5.97 Å². The van der Waals surface area contributed by atoms with E-state index in [-0.39, 0.29) is 23.9 Å². The largest absolute Gasteiger partial charge is 0.481 e. The lowest BCUT2D eigenvalue weighted by molar-refractivity contribution is -0.156. The number of aliphatic carboxylic acids is 1. The number of carbonyl (C=O) groups excluding carboxylic acids is 1. The molecule has 0 spiro atoms. The smallest absolute Gasteiger partial charge is 0.308 e. The van der Waals surface area contributed by atoms with Crippen molar-refractivity contribution in [1.82, 2.24) is 4.90 Å². The van der Waals surface area contributed by atoms with Gasteiger partial charge in [0.15, 0.2) is 0 Å². The van der Waals surface area contributed by atoms with E-state index in [1.165, 1.54) is 12.8 Å². The molecule has 1 heterocycles. The van der Waals surface area contributed by atoms with E-state index in [2.05, 4.69) is 6.92 Å². The van der Waals surface area contributed by atoms with Crippen molar-refractivity contribution < 1.29 is 14.7 Å². The minimum absolute atomic E-state index is 0.0608. The maximum Gasteiger partial charge on any atom is 0.308 e. The molecule has 4 atom stereocenters.